The Kier molecular flexibility index (Phi) is 25.1. The molecule has 27 heteroatoms. The summed E-state index contributed by atoms with van der Waals surface area (Å²) in [7, 11) is 3.09. The van der Waals surface area contributed by atoms with Gasteiger partial charge in [-0.25, -0.2) is 18.7 Å². The van der Waals surface area contributed by atoms with Gasteiger partial charge in [-0.1, -0.05) is 42.5 Å². The molecule has 2 atom stereocenters. The standard InChI is InChI=1S/C43H42FN5O7.C42H39BrFN5O7/c1-27-3-7-37(47-19-27)34-21-49(26-43(25-45)9-11-53-12-10-43)22-35(41(34)51)38(50)16-28-4-6-32(36(44)15-28)33-17-30(20-48-42(33)46)29-5-8-39(40(18-29)52-2)56-24-31-23-54-13-14-55-31;1-52-39-17-27(3-7-38(39)56-23-30-22-54-12-13-55-30)28-16-32(41(46)48-18-28)31-5-2-26(14-35(31)44)15-37(50)34-21-49(25-42(24-45)8-10-53-11-9-42)20-33(40(34)51)36-6-4-29(43)19-47-36/h3-8,15,17-22,31H,9-14,16,23-24,26H2,1-2H3,(H2,46,48);2-7,14,16-21,30H,8-13,15,22-23,25H2,1H3,(H2,46,48)/t31-;30-/m11/s1. The van der Waals surface area contributed by atoms with Crippen LogP contribution in [-0.4, -0.2) is 146 Å². The van der Waals surface area contributed by atoms with Crippen molar-refractivity contribution in [2.75, 3.05) is 105 Å². The molecule has 10 heterocycles. The molecule has 112 heavy (non-hydrogen) atoms. The Morgan fingerprint density at radius 2 is 0.955 bits per heavy atom. The molecular formula is C85H81BrF2N10O14. The average molecular weight is 1580 g/mol. The smallest absolute Gasteiger partial charge is 0.201 e. The molecule has 576 valence electrons. The van der Waals surface area contributed by atoms with E-state index in [-0.39, 0.29) is 83.2 Å². The molecule has 0 bridgehead atoms. The number of aromatic nitrogens is 6. The monoisotopic (exact) mass is 1580 g/mol. The van der Waals surface area contributed by atoms with Crippen LogP contribution in [0.15, 0.2) is 173 Å². The van der Waals surface area contributed by atoms with Crippen LogP contribution < -0.4 is 41.3 Å². The largest absolute Gasteiger partial charge is 0.493 e. The van der Waals surface area contributed by atoms with Crippen LogP contribution in [0.2, 0.25) is 0 Å². The first kappa shape index (κ1) is 78.7. The number of halogens is 3. The zero-order valence-electron chi connectivity index (χ0n) is 61.9. The molecule has 0 unspecified atom stereocenters. The quantitative estimate of drug-likeness (QED) is 0.0531. The van der Waals surface area contributed by atoms with Gasteiger partial charge in [0, 0.05) is 140 Å². The van der Waals surface area contributed by atoms with Crippen LogP contribution in [0.3, 0.4) is 0 Å². The first-order chi connectivity index (χ1) is 54.3. The predicted molar refractivity (Wildman–Crippen MR) is 417 cm³/mol. The summed E-state index contributed by atoms with van der Waals surface area (Å²) in [6.45, 7) is 7.87. The zero-order valence-corrected chi connectivity index (χ0v) is 63.5. The highest BCUT2D eigenvalue weighted by Gasteiger charge is 2.36. The van der Waals surface area contributed by atoms with Crippen LogP contribution in [0.25, 0.3) is 67.0 Å². The highest BCUT2D eigenvalue weighted by atomic mass is 79.9. The second-order valence-corrected chi connectivity index (χ2v) is 28.8. The highest BCUT2D eigenvalue weighted by Crippen LogP contribution is 2.40. The molecule has 4 aliphatic heterocycles. The fourth-order valence-electron chi connectivity index (χ4n) is 13.8. The van der Waals surface area contributed by atoms with Crippen molar-refractivity contribution < 1.29 is 65.7 Å². The summed E-state index contributed by atoms with van der Waals surface area (Å²) in [4.78, 5) is 73.0. The summed E-state index contributed by atoms with van der Waals surface area (Å²) in [6.07, 6.45) is 13.9. The lowest BCUT2D eigenvalue weighted by molar-refractivity contribution is -0.101. The Morgan fingerprint density at radius 1 is 0.509 bits per heavy atom. The summed E-state index contributed by atoms with van der Waals surface area (Å²) < 4.78 is 92.4. The van der Waals surface area contributed by atoms with Gasteiger partial charge < -0.3 is 68.0 Å². The number of nitriles is 2. The second kappa shape index (κ2) is 35.7. The third-order valence-corrected chi connectivity index (χ3v) is 20.6. The van der Waals surface area contributed by atoms with Gasteiger partial charge in [-0.2, -0.15) is 10.5 Å². The van der Waals surface area contributed by atoms with E-state index in [9.17, 15) is 29.7 Å². The van der Waals surface area contributed by atoms with Crippen LogP contribution in [0.1, 0.15) is 63.1 Å². The summed E-state index contributed by atoms with van der Waals surface area (Å²) in [6, 6.07) is 35.1. The number of benzene rings is 4. The number of rotatable bonds is 24. The number of methoxy groups -OCH3 is 2. The Morgan fingerprint density at radius 3 is 1.34 bits per heavy atom. The normalized spacial score (nSPS) is 16.5. The fourth-order valence-corrected chi connectivity index (χ4v) is 14.0. The van der Waals surface area contributed by atoms with E-state index in [0.717, 1.165) is 21.2 Å². The first-order valence-corrected chi connectivity index (χ1v) is 37.3. The van der Waals surface area contributed by atoms with Gasteiger partial charge >= 0.3 is 0 Å². The molecule has 0 spiro atoms. The van der Waals surface area contributed by atoms with E-state index < -0.39 is 44.9 Å². The van der Waals surface area contributed by atoms with Crippen LogP contribution in [-0.2, 0) is 54.4 Å². The molecule has 24 nitrogen and oxygen atoms in total. The molecule has 4 aromatic carbocycles. The van der Waals surface area contributed by atoms with Crippen molar-refractivity contribution in [2.45, 2.75) is 70.7 Å². The van der Waals surface area contributed by atoms with E-state index in [2.05, 4.69) is 48.0 Å². The molecule has 10 aromatic rings. The van der Waals surface area contributed by atoms with Crippen molar-refractivity contribution in [3.05, 3.63) is 223 Å². The Balaban J connectivity index is 0.000000196. The van der Waals surface area contributed by atoms with Gasteiger partial charge in [0.05, 0.1) is 110 Å². The SMILES string of the molecule is COc1cc(-c2cnc(N)c(-c3ccc(CC(=O)c4cn(CC5(C#N)CCOCC5)cc(-c5ccc(Br)cn5)c4=O)cc3F)c2)ccc1OC[C@H]1COCCO1.COc1cc(-c2cnc(N)c(-c3ccc(CC(=O)c4cn(CC5(C#N)CCOCC5)cc(-c5ccc(C)cn5)c4=O)cc3F)c2)ccc1OC[C@H]1COCCO1. The van der Waals surface area contributed by atoms with Gasteiger partial charge in [0.15, 0.2) is 34.6 Å². The molecule has 14 rings (SSSR count). The van der Waals surface area contributed by atoms with E-state index in [4.69, 9.17) is 58.8 Å². The fraction of sp³-hybridized carbons (Fsp3) is 0.318. The van der Waals surface area contributed by atoms with Crippen molar-refractivity contribution in [2.24, 2.45) is 10.8 Å². The summed E-state index contributed by atoms with van der Waals surface area (Å²) >= 11 is 3.37. The van der Waals surface area contributed by atoms with Crippen molar-refractivity contribution >= 4 is 39.1 Å². The number of hydrogen-bond acceptors (Lipinski definition) is 22. The molecule has 0 amide bonds. The number of carbonyl (C=O) groups excluding carboxylic acids is 2. The van der Waals surface area contributed by atoms with E-state index in [1.807, 2.05) is 25.1 Å². The van der Waals surface area contributed by atoms with Crippen molar-refractivity contribution in [1.82, 2.24) is 29.1 Å². The molecule has 4 saturated heterocycles. The molecule has 4 N–H and O–H groups in total. The van der Waals surface area contributed by atoms with Crippen LogP contribution in [0, 0.1) is 52.1 Å². The number of carbonyl (C=O) groups is 2. The number of Topliss-reactive ketones (excluding diaryl/α,β-unsaturated/α-hetero) is 2. The van der Waals surface area contributed by atoms with Gasteiger partial charge in [0.2, 0.25) is 10.9 Å². The van der Waals surface area contributed by atoms with Gasteiger partial charge in [0.1, 0.15) is 48.7 Å². The first-order valence-electron chi connectivity index (χ1n) is 36.5. The Labute approximate surface area is 652 Å². The topological polar surface area (TPSA) is 322 Å². The van der Waals surface area contributed by atoms with Gasteiger partial charge in [0.25, 0.3) is 0 Å². The minimum absolute atomic E-state index is 0.0705. The maximum atomic E-state index is 16.0. The van der Waals surface area contributed by atoms with E-state index in [0.29, 0.717) is 173 Å². The maximum absolute atomic E-state index is 16.0. The van der Waals surface area contributed by atoms with Gasteiger partial charge in [-0.15, -0.1) is 0 Å². The van der Waals surface area contributed by atoms with Crippen molar-refractivity contribution in [1.29, 1.82) is 10.5 Å². The minimum Gasteiger partial charge on any atom is -0.493 e. The number of nitrogens with zero attached hydrogens (tertiary/aromatic N) is 8. The average Bonchev–Trinajstić information content (AvgIpc) is 0.791. The Hall–Kier alpha value is -11.4. The van der Waals surface area contributed by atoms with Crippen molar-refractivity contribution in [3.63, 3.8) is 0 Å². The summed E-state index contributed by atoms with van der Waals surface area (Å²) in [5.74, 6) is 0.0909. The van der Waals surface area contributed by atoms with Crippen LogP contribution >= 0.6 is 15.9 Å². The minimum atomic E-state index is -0.727. The van der Waals surface area contributed by atoms with Crippen LogP contribution in [0.4, 0.5) is 20.4 Å². The van der Waals surface area contributed by atoms with Gasteiger partial charge in [-0.3, -0.25) is 29.1 Å². The number of ketones is 2. The number of anilines is 2. The van der Waals surface area contributed by atoms with E-state index in [1.165, 1.54) is 24.5 Å². The summed E-state index contributed by atoms with van der Waals surface area (Å²) in [5.41, 5.74) is 16.8. The second-order valence-electron chi connectivity index (χ2n) is 27.9. The van der Waals surface area contributed by atoms with Crippen LogP contribution in [0.5, 0.6) is 23.0 Å². The third kappa shape index (κ3) is 18.6. The molecule has 0 saturated carbocycles. The highest BCUT2D eigenvalue weighted by molar-refractivity contribution is 9.10. The molecule has 6 aromatic heterocycles. The number of pyridine rings is 6. The molecule has 4 aliphatic rings. The zero-order chi connectivity index (χ0) is 78.5. The maximum Gasteiger partial charge on any atom is 0.201 e. The number of nitrogens with two attached hydrogens (primary N) is 2. The number of ether oxygens (including phenoxy) is 10. The summed E-state index contributed by atoms with van der Waals surface area (Å²) in [5, 5.41) is 20.3. The molecular weight excluding hydrogens is 1500 g/mol. The van der Waals surface area contributed by atoms with E-state index >= 15 is 8.78 Å². The number of hydrogen-bond donors (Lipinski definition) is 2. The molecule has 4 fully saturated rings. The molecule has 0 radical (unpaired) electrons. The Bertz CT molecular complexity index is 4990. The lowest BCUT2D eigenvalue weighted by Gasteiger charge is -2.31. The predicted octanol–water partition coefficient (Wildman–Crippen LogP) is 12.9. The lowest BCUT2D eigenvalue weighted by Crippen LogP contribution is -2.33. The van der Waals surface area contributed by atoms with Gasteiger partial charge in [-0.05, 0) is 143 Å². The lowest BCUT2D eigenvalue weighted by atomic mass is 9.81. The number of nitrogen functional groups attached to an aromatic ring is 2. The number of aryl methyl sites for hydroxylation is 1. The molecule has 0 aliphatic carbocycles. The van der Waals surface area contributed by atoms with E-state index in [1.54, 1.807) is 139 Å². The van der Waals surface area contributed by atoms with Crippen molar-refractivity contribution in [3.8, 4) is 102 Å². The third-order valence-electron chi connectivity index (χ3n) is 20.1.